The molecule has 21 heavy (non-hydrogen) atoms. The van der Waals surface area contributed by atoms with Gasteiger partial charge in [-0.05, 0) is 65.2 Å². The lowest BCUT2D eigenvalue weighted by molar-refractivity contribution is 0.202. The van der Waals surface area contributed by atoms with Gasteiger partial charge in [0.1, 0.15) is 0 Å². The lowest BCUT2D eigenvalue weighted by Crippen LogP contribution is -2.46. The molecule has 0 radical (unpaired) electrons. The van der Waals surface area contributed by atoms with Crippen molar-refractivity contribution < 1.29 is 8.42 Å². The Labute approximate surface area is 134 Å². The number of hydrogen-bond donors (Lipinski definition) is 1. The SMILES string of the molecule is NCc1ccc(S(=O)(=O)N2CCCC3CCCC32)c(Br)c1. The first-order valence-electron chi connectivity index (χ1n) is 7.54. The van der Waals surface area contributed by atoms with Crippen LogP contribution in [-0.4, -0.2) is 25.3 Å². The van der Waals surface area contributed by atoms with Gasteiger partial charge >= 0.3 is 0 Å². The normalized spacial score (nSPS) is 26.8. The molecule has 3 rings (SSSR count). The monoisotopic (exact) mass is 372 g/mol. The third-order valence-electron chi connectivity index (χ3n) is 4.76. The Balaban J connectivity index is 1.96. The summed E-state index contributed by atoms with van der Waals surface area (Å²) in [6.45, 7) is 1.06. The van der Waals surface area contributed by atoms with Gasteiger partial charge in [0.2, 0.25) is 10.0 Å². The largest absolute Gasteiger partial charge is 0.326 e. The predicted octanol–water partition coefficient (Wildman–Crippen LogP) is 2.86. The Hall–Kier alpha value is -0.430. The lowest BCUT2D eigenvalue weighted by Gasteiger charge is -2.36. The average molecular weight is 373 g/mol. The van der Waals surface area contributed by atoms with Gasteiger partial charge in [-0.2, -0.15) is 4.31 Å². The average Bonchev–Trinajstić information content (AvgIpc) is 2.94. The molecule has 1 aliphatic heterocycles. The third-order valence-corrected chi connectivity index (χ3v) is 7.66. The summed E-state index contributed by atoms with van der Waals surface area (Å²) >= 11 is 3.40. The Bertz CT molecular complexity index is 633. The zero-order valence-electron chi connectivity index (χ0n) is 12.0. The highest BCUT2D eigenvalue weighted by atomic mass is 79.9. The zero-order chi connectivity index (χ0) is 15.0. The predicted molar refractivity (Wildman–Crippen MR) is 86.3 cm³/mol. The molecule has 2 aliphatic rings. The molecule has 0 aromatic heterocycles. The number of rotatable bonds is 3. The van der Waals surface area contributed by atoms with Crippen LogP contribution in [0.1, 0.15) is 37.7 Å². The molecule has 6 heteroatoms. The van der Waals surface area contributed by atoms with Crippen molar-refractivity contribution in [2.45, 2.75) is 49.6 Å². The van der Waals surface area contributed by atoms with Crippen LogP contribution < -0.4 is 5.73 Å². The molecule has 2 atom stereocenters. The smallest absolute Gasteiger partial charge is 0.244 e. The van der Waals surface area contributed by atoms with Crippen molar-refractivity contribution in [3.8, 4) is 0 Å². The van der Waals surface area contributed by atoms with Crippen LogP contribution in [0.15, 0.2) is 27.6 Å². The van der Waals surface area contributed by atoms with Crippen LogP contribution in [0.2, 0.25) is 0 Å². The van der Waals surface area contributed by atoms with Crippen molar-refractivity contribution in [1.82, 2.24) is 4.31 Å². The molecule has 1 aromatic carbocycles. The summed E-state index contributed by atoms with van der Waals surface area (Å²) in [6.07, 6.45) is 5.46. The van der Waals surface area contributed by atoms with Gasteiger partial charge in [0.05, 0.1) is 4.90 Å². The van der Waals surface area contributed by atoms with Crippen molar-refractivity contribution in [1.29, 1.82) is 0 Å². The van der Waals surface area contributed by atoms with Crippen LogP contribution in [-0.2, 0) is 16.6 Å². The number of halogens is 1. The number of benzene rings is 1. The topological polar surface area (TPSA) is 63.4 Å². The standard InChI is InChI=1S/C15H21BrN2O2S/c16-13-9-11(10-17)6-7-15(13)21(19,20)18-8-2-4-12-3-1-5-14(12)18/h6-7,9,12,14H,1-5,8,10,17H2. The molecule has 1 saturated carbocycles. The van der Waals surface area contributed by atoms with Crippen molar-refractivity contribution >= 4 is 26.0 Å². The van der Waals surface area contributed by atoms with E-state index < -0.39 is 10.0 Å². The minimum absolute atomic E-state index is 0.199. The molecule has 0 bridgehead atoms. The third kappa shape index (κ3) is 2.79. The van der Waals surface area contributed by atoms with E-state index in [1.165, 1.54) is 12.8 Å². The van der Waals surface area contributed by atoms with Gasteiger partial charge in [0.25, 0.3) is 0 Å². The number of hydrogen-bond acceptors (Lipinski definition) is 3. The van der Waals surface area contributed by atoms with Gasteiger partial charge in [0.15, 0.2) is 0 Å². The van der Waals surface area contributed by atoms with E-state index in [1.807, 2.05) is 6.07 Å². The molecule has 1 aromatic rings. The van der Waals surface area contributed by atoms with Gasteiger partial charge in [-0.25, -0.2) is 8.42 Å². The number of fused-ring (bicyclic) bond motifs is 1. The van der Waals surface area contributed by atoms with Crippen molar-refractivity contribution in [2.75, 3.05) is 6.54 Å². The lowest BCUT2D eigenvalue weighted by atomic mass is 9.94. The molecule has 0 amide bonds. The second-order valence-corrected chi connectivity index (χ2v) is 8.70. The Morgan fingerprint density at radius 2 is 2.00 bits per heavy atom. The molecule has 4 nitrogen and oxygen atoms in total. The van der Waals surface area contributed by atoms with E-state index in [2.05, 4.69) is 15.9 Å². The molecule has 1 aliphatic carbocycles. The van der Waals surface area contributed by atoms with E-state index in [1.54, 1.807) is 16.4 Å². The second kappa shape index (κ2) is 5.99. The van der Waals surface area contributed by atoms with Crippen molar-refractivity contribution in [2.24, 2.45) is 11.7 Å². The molecular formula is C15H21BrN2O2S. The second-order valence-electron chi connectivity index (χ2n) is 5.99. The minimum Gasteiger partial charge on any atom is -0.326 e. The fourth-order valence-electron chi connectivity index (χ4n) is 3.71. The van der Waals surface area contributed by atoms with E-state index in [0.717, 1.165) is 24.8 Å². The molecular weight excluding hydrogens is 352 g/mol. The molecule has 2 fully saturated rings. The van der Waals surface area contributed by atoms with Crippen molar-refractivity contribution in [3.05, 3.63) is 28.2 Å². The minimum atomic E-state index is -3.43. The fraction of sp³-hybridized carbons (Fsp3) is 0.600. The maximum atomic E-state index is 13.0. The highest BCUT2D eigenvalue weighted by Crippen LogP contribution is 2.40. The summed E-state index contributed by atoms with van der Waals surface area (Å²) in [5.41, 5.74) is 6.54. The van der Waals surface area contributed by atoms with Crippen molar-refractivity contribution in [3.63, 3.8) is 0 Å². The van der Waals surface area contributed by atoms with Crippen LogP contribution in [0.4, 0.5) is 0 Å². The number of piperidine rings is 1. The Kier molecular flexibility index (Phi) is 4.41. The van der Waals surface area contributed by atoms with Gasteiger partial charge in [-0.15, -0.1) is 0 Å². The molecule has 116 valence electrons. The van der Waals surface area contributed by atoms with Crippen LogP contribution in [0.25, 0.3) is 0 Å². The maximum absolute atomic E-state index is 13.0. The highest BCUT2D eigenvalue weighted by molar-refractivity contribution is 9.10. The van der Waals surface area contributed by atoms with Gasteiger partial charge in [-0.1, -0.05) is 12.5 Å². The van der Waals surface area contributed by atoms with E-state index in [-0.39, 0.29) is 6.04 Å². The highest BCUT2D eigenvalue weighted by Gasteiger charge is 2.41. The summed E-state index contributed by atoms with van der Waals surface area (Å²) in [5, 5.41) is 0. The fourth-order valence-corrected chi connectivity index (χ4v) is 6.55. The van der Waals surface area contributed by atoms with E-state index >= 15 is 0 Å². The summed E-state index contributed by atoms with van der Waals surface area (Å²) in [5.74, 6) is 0.551. The summed E-state index contributed by atoms with van der Waals surface area (Å²) in [7, 11) is -3.43. The Morgan fingerprint density at radius 1 is 1.24 bits per heavy atom. The number of nitrogens with zero attached hydrogens (tertiary/aromatic N) is 1. The van der Waals surface area contributed by atoms with Crippen LogP contribution in [0.3, 0.4) is 0 Å². The summed E-state index contributed by atoms with van der Waals surface area (Å²) < 4.78 is 28.4. The Morgan fingerprint density at radius 3 is 2.71 bits per heavy atom. The zero-order valence-corrected chi connectivity index (χ0v) is 14.4. The van der Waals surface area contributed by atoms with Gasteiger partial charge < -0.3 is 5.73 Å². The molecule has 2 N–H and O–H groups in total. The van der Waals surface area contributed by atoms with E-state index in [4.69, 9.17) is 5.73 Å². The number of sulfonamides is 1. The number of nitrogens with two attached hydrogens (primary N) is 1. The molecule has 1 heterocycles. The first-order valence-corrected chi connectivity index (χ1v) is 9.77. The first-order chi connectivity index (χ1) is 10.0. The van der Waals surface area contributed by atoms with Crippen LogP contribution >= 0.6 is 15.9 Å². The van der Waals surface area contributed by atoms with E-state index in [0.29, 0.717) is 28.4 Å². The summed E-state index contributed by atoms with van der Waals surface area (Å²) in [6, 6.07) is 5.49. The molecule has 2 unspecified atom stereocenters. The summed E-state index contributed by atoms with van der Waals surface area (Å²) in [4.78, 5) is 0.368. The van der Waals surface area contributed by atoms with E-state index in [9.17, 15) is 8.42 Å². The molecule has 1 saturated heterocycles. The van der Waals surface area contributed by atoms with Gasteiger partial charge in [0, 0.05) is 23.6 Å². The molecule has 0 spiro atoms. The first kappa shape index (κ1) is 15.5. The maximum Gasteiger partial charge on any atom is 0.244 e. The van der Waals surface area contributed by atoms with Gasteiger partial charge in [-0.3, -0.25) is 0 Å². The van der Waals surface area contributed by atoms with Crippen LogP contribution in [0, 0.1) is 5.92 Å². The van der Waals surface area contributed by atoms with Crippen LogP contribution in [0.5, 0.6) is 0 Å². The quantitative estimate of drug-likeness (QED) is 0.886.